The number of rotatable bonds is 5. The number of carbonyl (C=O) groups is 2. The second-order valence-electron chi connectivity index (χ2n) is 5.11. The van der Waals surface area contributed by atoms with Crippen LogP contribution in [0.5, 0.6) is 0 Å². The molecule has 0 aliphatic heterocycles. The van der Waals surface area contributed by atoms with Crippen LogP contribution in [0.25, 0.3) is 0 Å². The van der Waals surface area contributed by atoms with E-state index in [-0.39, 0.29) is 24.5 Å². The third kappa shape index (κ3) is 4.62. The highest BCUT2D eigenvalue weighted by Crippen LogP contribution is 2.21. The first kappa shape index (κ1) is 16.1. The van der Waals surface area contributed by atoms with E-state index >= 15 is 0 Å². The molecule has 0 fully saturated rings. The summed E-state index contributed by atoms with van der Waals surface area (Å²) < 4.78 is 10.3. The molecule has 1 aliphatic rings. The first-order chi connectivity index (χ1) is 10.7. The maximum Gasteiger partial charge on any atom is 0.407 e. The lowest BCUT2D eigenvalue weighted by Crippen LogP contribution is -2.44. The molecular weight excluding hydrogens is 282 g/mol. The van der Waals surface area contributed by atoms with Crippen LogP contribution in [-0.2, 0) is 20.9 Å². The lowest BCUT2D eigenvalue weighted by Gasteiger charge is -2.27. The van der Waals surface area contributed by atoms with Gasteiger partial charge in [0.1, 0.15) is 6.61 Å². The van der Waals surface area contributed by atoms with E-state index in [0.717, 1.165) is 5.56 Å². The van der Waals surface area contributed by atoms with Crippen LogP contribution in [0.1, 0.15) is 25.3 Å². The number of alkyl carbamates (subject to hydrolysis) is 1. The molecule has 1 amide bonds. The Morgan fingerprint density at radius 2 is 1.86 bits per heavy atom. The molecule has 118 valence electrons. The van der Waals surface area contributed by atoms with Crippen molar-refractivity contribution in [2.24, 2.45) is 5.92 Å². The summed E-state index contributed by atoms with van der Waals surface area (Å²) in [6.07, 6.45) is 4.55. The molecule has 0 spiro atoms. The fourth-order valence-electron chi connectivity index (χ4n) is 2.40. The maximum absolute atomic E-state index is 11.9. The van der Waals surface area contributed by atoms with Crippen LogP contribution >= 0.6 is 0 Å². The van der Waals surface area contributed by atoms with Crippen molar-refractivity contribution in [2.75, 3.05) is 6.61 Å². The van der Waals surface area contributed by atoms with Crippen LogP contribution in [0.3, 0.4) is 0 Å². The fourth-order valence-corrected chi connectivity index (χ4v) is 2.40. The number of benzene rings is 1. The molecule has 0 unspecified atom stereocenters. The summed E-state index contributed by atoms with van der Waals surface area (Å²) in [5, 5.41) is 2.77. The van der Waals surface area contributed by atoms with Crippen molar-refractivity contribution in [3.8, 4) is 0 Å². The van der Waals surface area contributed by atoms with Crippen molar-refractivity contribution in [1.29, 1.82) is 0 Å². The molecule has 0 bridgehead atoms. The van der Waals surface area contributed by atoms with Crippen LogP contribution in [0.2, 0.25) is 0 Å². The number of allylic oxidation sites excluding steroid dienone is 1. The third-order valence-corrected chi connectivity index (χ3v) is 3.54. The molecule has 0 radical (unpaired) electrons. The van der Waals surface area contributed by atoms with Crippen LogP contribution in [0.15, 0.2) is 42.5 Å². The van der Waals surface area contributed by atoms with Gasteiger partial charge in [-0.1, -0.05) is 42.5 Å². The van der Waals surface area contributed by atoms with E-state index < -0.39 is 6.09 Å². The summed E-state index contributed by atoms with van der Waals surface area (Å²) in [6.45, 7) is 2.32. The summed E-state index contributed by atoms with van der Waals surface area (Å²) in [7, 11) is 0. The zero-order valence-corrected chi connectivity index (χ0v) is 12.7. The molecule has 5 heteroatoms. The van der Waals surface area contributed by atoms with Crippen molar-refractivity contribution in [2.45, 2.75) is 32.4 Å². The van der Waals surface area contributed by atoms with Crippen LogP contribution in [-0.4, -0.2) is 24.7 Å². The van der Waals surface area contributed by atoms with Crippen LogP contribution in [0.4, 0.5) is 4.79 Å². The number of esters is 1. The number of hydrogen-bond acceptors (Lipinski definition) is 4. The molecule has 1 N–H and O–H groups in total. The lowest BCUT2D eigenvalue weighted by molar-refractivity contribution is -0.149. The fraction of sp³-hybridized carbons (Fsp3) is 0.412. The molecule has 22 heavy (non-hydrogen) atoms. The molecule has 0 heterocycles. The Morgan fingerprint density at radius 3 is 2.59 bits per heavy atom. The minimum Gasteiger partial charge on any atom is -0.466 e. The highest BCUT2D eigenvalue weighted by atomic mass is 16.5. The van der Waals surface area contributed by atoms with Gasteiger partial charge in [-0.05, 0) is 25.3 Å². The number of amides is 1. The molecule has 2 atom stereocenters. The predicted molar refractivity (Wildman–Crippen MR) is 82.0 cm³/mol. The van der Waals surface area contributed by atoms with Gasteiger partial charge in [0.15, 0.2) is 0 Å². The van der Waals surface area contributed by atoms with E-state index in [1.54, 1.807) is 6.92 Å². The SMILES string of the molecule is CCOC(=O)[C@@H]1CC=CC[C@H]1NC(=O)OCc1ccccc1. The Balaban J connectivity index is 1.86. The van der Waals surface area contributed by atoms with E-state index in [1.807, 2.05) is 42.5 Å². The van der Waals surface area contributed by atoms with Crippen LogP contribution < -0.4 is 5.32 Å². The van der Waals surface area contributed by atoms with E-state index in [0.29, 0.717) is 19.4 Å². The lowest BCUT2D eigenvalue weighted by atomic mass is 9.89. The molecule has 0 saturated heterocycles. The average Bonchev–Trinajstić information content (AvgIpc) is 2.54. The molecule has 0 aromatic heterocycles. The molecule has 2 rings (SSSR count). The quantitative estimate of drug-likeness (QED) is 0.671. The van der Waals surface area contributed by atoms with Crippen molar-refractivity contribution in [1.82, 2.24) is 5.32 Å². The Labute approximate surface area is 130 Å². The highest BCUT2D eigenvalue weighted by molar-refractivity contribution is 5.75. The summed E-state index contributed by atoms with van der Waals surface area (Å²) >= 11 is 0. The van der Waals surface area contributed by atoms with Gasteiger partial charge >= 0.3 is 12.1 Å². The zero-order valence-electron chi connectivity index (χ0n) is 12.7. The van der Waals surface area contributed by atoms with E-state index in [1.165, 1.54) is 0 Å². The normalized spacial score (nSPS) is 20.2. The second-order valence-corrected chi connectivity index (χ2v) is 5.11. The third-order valence-electron chi connectivity index (χ3n) is 3.54. The number of hydrogen-bond donors (Lipinski definition) is 1. The standard InChI is InChI=1S/C17H21NO4/c1-2-21-16(19)14-10-6-7-11-15(14)18-17(20)22-12-13-8-4-3-5-9-13/h3-9,14-15H,2,10-12H2,1H3,(H,18,20)/t14-,15-/m1/s1. The number of nitrogens with one attached hydrogen (secondary N) is 1. The van der Waals surface area contributed by atoms with Crippen molar-refractivity contribution in [3.63, 3.8) is 0 Å². The van der Waals surface area contributed by atoms with Crippen molar-refractivity contribution < 1.29 is 19.1 Å². The smallest absolute Gasteiger partial charge is 0.407 e. The largest absolute Gasteiger partial charge is 0.466 e. The van der Waals surface area contributed by atoms with E-state index in [9.17, 15) is 9.59 Å². The van der Waals surface area contributed by atoms with Gasteiger partial charge in [0, 0.05) is 6.04 Å². The minimum atomic E-state index is -0.515. The van der Waals surface area contributed by atoms with Gasteiger partial charge in [-0.25, -0.2) is 4.79 Å². The van der Waals surface area contributed by atoms with Gasteiger partial charge in [0.05, 0.1) is 12.5 Å². The van der Waals surface area contributed by atoms with Gasteiger partial charge in [-0.2, -0.15) is 0 Å². The molecule has 5 nitrogen and oxygen atoms in total. The Bertz CT molecular complexity index is 527. The van der Waals surface area contributed by atoms with Gasteiger partial charge in [-0.15, -0.1) is 0 Å². The summed E-state index contributed by atoms with van der Waals surface area (Å²) in [5.41, 5.74) is 0.920. The second kappa shape index (κ2) is 8.22. The molecule has 1 aliphatic carbocycles. The Morgan fingerprint density at radius 1 is 1.14 bits per heavy atom. The minimum absolute atomic E-state index is 0.208. The molecule has 0 saturated carbocycles. The average molecular weight is 303 g/mol. The predicted octanol–water partition coefficient (Wildman–Crippen LogP) is 2.81. The van der Waals surface area contributed by atoms with E-state index in [2.05, 4.69) is 5.32 Å². The van der Waals surface area contributed by atoms with Gasteiger partial charge in [0.25, 0.3) is 0 Å². The molecule has 1 aromatic carbocycles. The Kier molecular flexibility index (Phi) is 6.01. The van der Waals surface area contributed by atoms with Crippen molar-refractivity contribution >= 4 is 12.1 Å². The maximum atomic E-state index is 11.9. The number of carbonyl (C=O) groups excluding carboxylic acids is 2. The summed E-state index contributed by atoms with van der Waals surface area (Å²) in [5.74, 6) is -0.630. The topological polar surface area (TPSA) is 64.6 Å². The number of ether oxygens (including phenoxy) is 2. The summed E-state index contributed by atoms with van der Waals surface area (Å²) in [6, 6.07) is 9.17. The first-order valence-corrected chi connectivity index (χ1v) is 7.49. The van der Waals surface area contributed by atoms with Gasteiger partial charge < -0.3 is 14.8 Å². The first-order valence-electron chi connectivity index (χ1n) is 7.49. The van der Waals surface area contributed by atoms with Gasteiger partial charge in [0.2, 0.25) is 0 Å². The van der Waals surface area contributed by atoms with E-state index in [4.69, 9.17) is 9.47 Å². The monoisotopic (exact) mass is 303 g/mol. The van der Waals surface area contributed by atoms with Gasteiger partial charge in [-0.3, -0.25) is 4.79 Å². The highest BCUT2D eigenvalue weighted by Gasteiger charge is 2.31. The van der Waals surface area contributed by atoms with Crippen molar-refractivity contribution in [3.05, 3.63) is 48.0 Å². The van der Waals surface area contributed by atoms with Crippen LogP contribution in [0, 0.1) is 5.92 Å². The molecule has 1 aromatic rings. The summed E-state index contributed by atoms with van der Waals surface area (Å²) in [4.78, 5) is 23.8. The molecular formula is C17H21NO4. The zero-order chi connectivity index (χ0) is 15.8. The Hall–Kier alpha value is -2.30.